The van der Waals surface area contributed by atoms with Crippen molar-refractivity contribution in [2.45, 2.75) is 0 Å². The SMILES string of the molecule is Nc1cn(-c2cccc(Cl)c2)nc1-c1ccc(Br)cc1. The van der Waals surface area contributed by atoms with Gasteiger partial charge in [-0.25, -0.2) is 4.68 Å². The lowest BCUT2D eigenvalue weighted by molar-refractivity contribution is 0.884. The molecule has 3 aromatic rings. The molecule has 0 aliphatic heterocycles. The van der Waals surface area contributed by atoms with Crippen LogP contribution in [0.15, 0.2) is 59.2 Å². The van der Waals surface area contributed by atoms with E-state index in [0.717, 1.165) is 21.4 Å². The van der Waals surface area contributed by atoms with Crippen LogP contribution < -0.4 is 5.73 Å². The smallest absolute Gasteiger partial charge is 0.116 e. The molecule has 0 amide bonds. The van der Waals surface area contributed by atoms with Gasteiger partial charge in [-0.1, -0.05) is 45.7 Å². The van der Waals surface area contributed by atoms with Crippen molar-refractivity contribution >= 4 is 33.2 Å². The average Bonchev–Trinajstić information content (AvgIpc) is 2.82. The fourth-order valence-corrected chi connectivity index (χ4v) is 2.42. The third kappa shape index (κ3) is 2.57. The van der Waals surface area contributed by atoms with Crippen molar-refractivity contribution in [1.82, 2.24) is 9.78 Å². The van der Waals surface area contributed by atoms with Crippen LogP contribution in [0.1, 0.15) is 0 Å². The molecule has 0 saturated heterocycles. The number of nitrogen functional groups attached to an aromatic ring is 1. The Morgan fingerprint density at radius 1 is 1.10 bits per heavy atom. The Balaban J connectivity index is 2.05. The van der Waals surface area contributed by atoms with E-state index in [2.05, 4.69) is 21.0 Å². The number of benzene rings is 2. The van der Waals surface area contributed by atoms with E-state index in [4.69, 9.17) is 17.3 Å². The lowest BCUT2D eigenvalue weighted by Crippen LogP contribution is -1.94. The monoisotopic (exact) mass is 347 g/mol. The maximum absolute atomic E-state index is 6.06. The molecular formula is C15H11BrClN3. The first kappa shape index (κ1) is 13.2. The van der Waals surface area contributed by atoms with E-state index < -0.39 is 0 Å². The Morgan fingerprint density at radius 3 is 2.55 bits per heavy atom. The van der Waals surface area contributed by atoms with Gasteiger partial charge < -0.3 is 5.73 Å². The van der Waals surface area contributed by atoms with Crippen molar-refractivity contribution in [3.8, 4) is 16.9 Å². The van der Waals surface area contributed by atoms with Gasteiger partial charge in [-0.15, -0.1) is 0 Å². The summed E-state index contributed by atoms with van der Waals surface area (Å²) in [6.07, 6.45) is 1.79. The zero-order valence-electron chi connectivity index (χ0n) is 10.4. The minimum absolute atomic E-state index is 0.632. The fraction of sp³-hybridized carbons (Fsp3) is 0. The van der Waals surface area contributed by atoms with Gasteiger partial charge in [0.25, 0.3) is 0 Å². The van der Waals surface area contributed by atoms with Gasteiger partial charge >= 0.3 is 0 Å². The first-order chi connectivity index (χ1) is 9.63. The quantitative estimate of drug-likeness (QED) is 0.739. The second-order valence-electron chi connectivity index (χ2n) is 4.36. The van der Waals surface area contributed by atoms with Gasteiger partial charge in [-0.05, 0) is 30.3 Å². The van der Waals surface area contributed by atoms with Crippen LogP contribution in [0, 0.1) is 0 Å². The largest absolute Gasteiger partial charge is 0.396 e. The van der Waals surface area contributed by atoms with Gasteiger partial charge in [-0.3, -0.25) is 0 Å². The van der Waals surface area contributed by atoms with Gasteiger partial charge in [0, 0.05) is 15.1 Å². The van der Waals surface area contributed by atoms with Crippen LogP contribution in [-0.2, 0) is 0 Å². The van der Waals surface area contributed by atoms with Crippen molar-refractivity contribution in [2.24, 2.45) is 0 Å². The van der Waals surface area contributed by atoms with Crippen molar-refractivity contribution in [2.75, 3.05) is 5.73 Å². The molecule has 0 unspecified atom stereocenters. The first-order valence-electron chi connectivity index (χ1n) is 6.00. The molecule has 20 heavy (non-hydrogen) atoms. The first-order valence-corrected chi connectivity index (χ1v) is 7.17. The van der Waals surface area contributed by atoms with Crippen molar-refractivity contribution in [3.63, 3.8) is 0 Å². The van der Waals surface area contributed by atoms with Crippen molar-refractivity contribution in [3.05, 3.63) is 64.2 Å². The van der Waals surface area contributed by atoms with E-state index in [1.165, 1.54) is 0 Å². The number of halogens is 2. The Labute approximate surface area is 130 Å². The Bertz CT molecular complexity index is 750. The normalized spacial score (nSPS) is 10.7. The fourth-order valence-electron chi connectivity index (χ4n) is 1.97. The minimum Gasteiger partial charge on any atom is -0.396 e. The zero-order chi connectivity index (χ0) is 14.1. The van der Waals surface area contributed by atoms with Gasteiger partial charge in [0.15, 0.2) is 0 Å². The van der Waals surface area contributed by atoms with Crippen LogP contribution in [0.4, 0.5) is 5.69 Å². The Kier molecular flexibility index (Phi) is 3.51. The number of nitrogens with two attached hydrogens (primary N) is 1. The van der Waals surface area contributed by atoms with Gasteiger partial charge in [0.2, 0.25) is 0 Å². The highest BCUT2D eigenvalue weighted by atomic mass is 79.9. The van der Waals surface area contributed by atoms with E-state index >= 15 is 0 Å². The summed E-state index contributed by atoms with van der Waals surface area (Å²) in [5.41, 5.74) is 9.31. The van der Waals surface area contributed by atoms with Crippen LogP contribution in [-0.4, -0.2) is 9.78 Å². The number of rotatable bonds is 2. The third-order valence-electron chi connectivity index (χ3n) is 2.93. The summed E-state index contributed by atoms with van der Waals surface area (Å²) in [5, 5.41) is 5.21. The van der Waals surface area contributed by atoms with Crippen LogP contribution in [0.5, 0.6) is 0 Å². The minimum atomic E-state index is 0.632. The van der Waals surface area contributed by atoms with E-state index in [0.29, 0.717) is 10.7 Å². The van der Waals surface area contributed by atoms with Crippen molar-refractivity contribution < 1.29 is 0 Å². The molecule has 1 heterocycles. The molecule has 3 nitrogen and oxygen atoms in total. The molecular weight excluding hydrogens is 338 g/mol. The highest BCUT2D eigenvalue weighted by Crippen LogP contribution is 2.27. The predicted octanol–water partition coefficient (Wildman–Crippen LogP) is 4.54. The average molecular weight is 349 g/mol. The summed E-state index contributed by atoms with van der Waals surface area (Å²) < 4.78 is 2.76. The molecule has 0 spiro atoms. The molecule has 0 radical (unpaired) electrons. The molecule has 0 bridgehead atoms. The van der Waals surface area contributed by atoms with E-state index in [1.54, 1.807) is 10.9 Å². The standard InChI is InChI=1S/C15H11BrClN3/c16-11-6-4-10(5-7-11)15-14(18)9-20(19-15)13-3-1-2-12(17)8-13/h1-9H,18H2. The maximum atomic E-state index is 6.06. The molecule has 3 rings (SSSR count). The summed E-state index contributed by atoms with van der Waals surface area (Å²) in [7, 11) is 0. The number of hydrogen-bond donors (Lipinski definition) is 1. The molecule has 2 N–H and O–H groups in total. The van der Waals surface area contributed by atoms with E-state index in [9.17, 15) is 0 Å². The topological polar surface area (TPSA) is 43.8 Å². The number of nitrogens with zero attached hydrogens (tertiary/aromatic N) is 2. The van der Waals surface area contributed by atoms with Gasteiger partial charge in [0.1, 0.15) is 5.69 Å². The predicted molar refractivity (Wildman–Crippen MR) is 86.1 cm³/mol. The van der Waals surface area contributed by atoms with Gasteiger partial charge in [-0.2, -0.15) is 5.10 Å². The second kappa shape index (κ2) is 5.31. The molecule has 0 atom stereocenters. The zero-order valence-corrected chi connectivity index (χ0v) is 12.8. The molecule has 100 valence electrons. The molecule has 2 aromatic carbocycles. The Morgan fingerprint density at radius 2 is 1.85 bits per heavy atom. The van der Waals surface area contributed by atoms with Crippen molar-refractivity contribution in [1.29, 1.82) is 0 Å². The summed E-state index contributed by atoms with van der Waals surface area (Å²) in [6.45, 7) is 0. The maximum Gasteiger partial charge on any atom is 0.116 e. The van der Waals surface area contributed by atoms with Crippen LogP contribution >= 0.6 is 27.5 Å². The van der Waals surface area contributed by atoms with Crippen LogP contribution in [0.25, 0.3) is 16.9 Å². The number of anilines is 1. The second-order valence-corrected chi connectivity index (χ2v) is 5.72. The van der Waals surface area contributed by atoms with E-state index in [-0.39, 0.29) is 0 Å². The summed E-state index contributed by atoms with van der Waals surface area (Å²) in [4.78, 5) is 0. The lowest BCUT2D eigenvalue weighted by atomic mass is 10.1. The summed E-state index contributed by atoms with van der Waals surface area (Å²) >= 11 is 9.41. The lowest BCUT2D eigenvalue weighted by Gasteiger charge is -2.01. The molecule has 5 heteroatoms. The van der Waals surface area contributed by atoms with Gasteiger partial charge in [0.05, 0.1) is 17.6 Å². The highest BCUT2D eigenvalue weighted by molar-refractivity contribution is 9.10. The van der Waals surface area contributed by atoms with Crippen LogP contribution in [0.3, 0.4) is 0 Å². The molecule has 0 aliphatic carbocycles. The Hall–Kier alpha value is -1.78. The molecule has 0 saturated carbocycles. The molecule has 1 aromatic heterocycles. The highest BCUT2D eigenvalue weighted by Gasteiger charge is 2.09. The number of hydrogen-bond acceptors (Lipinski definition) is 2. The van der Waals surface area contributed by atoms with E-state index in [1.807, 2.05) is 48.5 Å². The number of aromatic nitrogens is 2. The summed E-state index contributed by atoms with van der Waals surface area (Å²) in [5.74, 6) is 0. The van der Waals surface area contributed by atoms with Crippen LogP contribution in [0.2, 0.25) is 5.02 Å². The summed E-state index contributed by atoms with van der Waals surface area (Å²) in [6, 6.07) is 15.4. The third-order valence-corrected chi connectivity index (χ3v) is 3.70. The molecule has 0 aliphatic rings. The molecule has 0 fully saturated rings.